The number of ether oxygens (including phenoxy) is 1. The maximum atomic E-state index is 12.0. The zero-order valence-corrected chi connectivity index (χ0v) is 14.2. The number of methoxy groups -OCH3 is 1. The Labute approximate surface area is 144 Å². The van der Waals surface area contributed by atoms with Crippen LogP contribution >= 0.6 is 23.2 Å². The largest absolute Gasteiger partial charge is 0.496 e. The molecule has 2 rings (SSSR count). The summed E-state index contributed by atoms with van der Waals surface area (Å²) in [6, 6.07) is 8.81. The van der Waals surface area contributed by atoms with Gasteiger partial charge in [0.2, 0.25) is 5.91 Å². The minimum Gasteiger partial charge on any atom is -0.496 e. The Morgan fingerprint density at radius 3 is 2.48 bits per heavy atom. The van der Waals surface area contributed by atoms with Crippen LogP contribution in [0.5, 0.6) is 5.75 Å². The summed E-state index contributed by atoms with van der Waals surface area (Å²) in [6.07, 6.45) is 3.09. The van der Waals surface area contributed by atoms with Gasteiger partial charge in [0.15, 0.2) is 0 Å². The SMILES string of the molecule is COc1ccc(C)cc1/C=C/C(=O)Nc1cc(Cl)c(N)c(Cl)c1. The number of nitrogen functional groups attached to an aromatic ring is 1. The Kier molecular flexibility index (Phi) is 5.53. The summed E-state index contributed by atoms with van der Waals surface area (Å²) in [5, 5.41) is 3.26. The molecule has 0 atom stereocenters. The lowest BCUT2D eigenvalue weighted by atomic mass is 10.1. The molecule has 0 spiro atoms. The molecule has 0 saturated carbocycles. The summed E-state index contributed by atoms with van der Waals surface area (Å²) in [5.74, 6) is 0.378. The van der Waals surface area contributed by atoms with Crippen molar-refractivity contribution in [2.24, 2.45) is 0 Å². The number of nitrogens with one attached hydrogen (secondary N) is 1. The monoisotopic (exact) mass is 350 g/mol. The molecule has 23 heavy (non-hydrogen) atoms. The molecule has 6 heteroatoms. The van der Waals surface area contributed by atoms with Crippen LogP contribution in [0.15, 0.2) is 36.4 Å². The Morgan fingerprint density at radius 1 is 1.22 bits per heavy atom. The maximum absolute atomic E-state index is 12.0. The minimum absolute atomic E-state index is 0.284. The summed E-state index contributed by atoms with van der Waals surface area (Å²) in [7, 11) is 1.58. The molecule has 120 valence electrons. The van der Waals surface area contributed by atoms with Crippen LogP contribution in [-0.4, -0.2) is 13.0 Å². The molecule has 0 unspecified atom stereocenters. The highest BCUT2D eigenvalue weighted by Crippen LogP contribution is 2.31. The Bertz CT molecular complexity index is 750. The first kappa shape index (κ1) is 17.2. The highest BCUT2D eigenvalue weighted by atomic mass is 35.5. The molecule has 0 bridgehead atoms. The van der Waals surface area contributed by atoms with Crippen LogP contribution in [0.2, 0.25) is 10.0 Å². The van der Waals surface area contributed by atoms with E-state index in [2.05, 4.69) is 5.32 Å². The van der Waals surface area contributed by atoms with Gasteiger partial charge in [-0.25, -0.2) is 0 Å². The number of benzene rings is 2. The molecular formula is C17H16Cl2N2O2. The summed E-state index contributed by atoms with van der Waals surface area (Å²) < 4.78 is 5.26. The van der Waals surface area contributed by atoms with Crippen LogP contribution in [0.1, 0.15) is 11.1 Å². The predicted molar refractivity (Wildman–Crippen MR) is 96.3 cm³/mol. The number of halogens is 2. The number of carbonyl (C=O) groups excluding carboxylic acids is 1. The van der Waals surface area contributed by atoms with E-state index in [9.17, 15) is 4.79 Å². The van der Waals surface area contributed by atoms with E-state index >= 15 is 0 Å². The second-order valence-corrected chi connectivity index (χ2v) is 5.74. The van der Waals surface area contributed by atoms with Crippen molar-refractivity contribution in [3.05, 3.63) is 57.6 Å². The highest BCUT2D eigenvalue weighted by Gasteiger charge is 2.07. The summed E-state index contributed by atoms with van der Waals surface area (Å²) in [6.45, 7) is 1.97. The lowest BCUT2D eigenvalue weighted by molar-refractivity contribution is -0.111. The number of amides is 1. The van der Waals surface area contributed by atoms with Gasteiger partial charge in [0.1, 0.15) is 5.75 Å². The molecule has 0 saturated heterocycles. The van der Waals surface area contributed by atoms with Gasteiger partial charge in [-0.15, -0.1) is 0 Å². The van der Waals surface area contributed by atoms with Crippen LogP contribution in [0.25, 0.3) is 6.08 Å². The molecule has 0 aromatic heterocycles. The van der Waals surface area contributed by atoms with E-state index in [-0.39, 0.29) is 21.6 Å². The van der Waals surface area contributed by atoms with Gasteiger partial charge < -0.3 is 15.8 Å². The topological polar surface area (TPSA) is 64.3 Å². The standard InChI is InChI=1S/C17H16Cl2N2O2/c1-10-3-5-15(23-2)11(7-10)4-6-16(22)21-12-8-13(18)17(20)14(19)9-12/h3-9H,20H2,1-2H3,(H,21,22)/b6-4+. The Hall–Kier alpha value is -2.17. The molecule has 2 aromatic rings. The molecule has 0 aliphatic rings. The fourth-order valence-corrected chi connectivity index (χ4v) is 2.48. The third kappa shape index (κ3) is 4.41. The van der Waals surface area contributed by atoms with Crippen molar-refractivity contribution in [3.8, 4) is 5.75 Å². The van der Waals surface area contributed by atoms with Crippen LogP contribution in [0, 0.1) is 6.92 Å². The average molecular weight is 351 g/mol. The predicted octanol–water partition coefficient (Wildman–Crippen LogP) is 4.54. The first-order valence-corrected chi connectivity index (χ1v) is 7.54. The van der Waals surface area contributed by atoms with Gasteiger partial charge in [-0.3, -0.25) is 4.79 Å². The van der Waals surface area contributed by atoms with Crippen molar-refractivity contribution in [2.75, 3.05) is 18.2 Å². The van der Waals surface area contributed by atoms with Crippen LogP contribution in [-0.2, 0) is 4.79 Å². The first-order valence-electron chi connectivity index (χ1n) is 6.79. The van der Waals surface area contributed by atoms with Crippen molar-refractivity contribution in [2.45, 2.75) is 6.92 Å². The molecule has 0 aliphatic carbocycles. The third-order valence-electron chi connectivity index (χ3n) is 3.15. The van der Waals surface area contributed by atoms with E-state index in [1.54, 1.807) is 25.3 Å². The summed E-state index contributed by atoms with van der Waals surface area (Å²) in [4.78, 5) is 12.0. The van der Waals surface area contributed by atoms with E-state index in [0.29, 0.717) is 11.4 Å². The molecule has 2 aromatic carbocycles. The smallest absolute Gasteiger partial charge is 0.248 e. The van der Waals surface area contributed by atoms with E-state index < -0.39 is 0 Å². The van der Waals surface area contributed by atoms with E-state index in [1.807, 2.05) is 25.1 Å². The fraction of sp³-hybridized carbons (Fsp3) is 0.118. The number of hydrogen-bond acceptors (Lipinski definition) is 3. The fourth-order valence-electron chi connectivity index (χ4n) is 1.99. The number of anilines is 2. The maximum Gasteiger partial charge on any atom is 0.248 e. The van der Waals surface area contributed by atoms with Gasteiger partial charge in [-0.05, 0) is 37.3 Å². The van der Waals surface area contributed by atoms with Crippen molar-refractivity contribution < 1.29 is 9.53 Å². The zero-order valence-electron chi connectivity index (χ0n) is 12.7. The molecule has 3 N–H and O–H groups in total. The number of hydrogen-bond donors (Lipinski definition) is 2. The van der Waals surface area contributed by atoms with Crippen LogP contribution in [0.3, 0.4) is 0 Å². The molecule has 0 fully saturated rings. The molecule has 0 radical (unpaired) electrons. The Morgan fingerprint density at radius 2 is 1.87 bits per heavy atom. The van der Waals surface area contributed by atoms with Gasteiger partial charge >= 0.3 is 0 Å². The van der Waals surface area contributed by atoms with Crippen molar-refractivity contribution in [3.63, 3.8) is 0 Å². The average Bonchev–Trinajstić information content (AvgIpc) is 2.50. The second-order valence-electron chi connectivity index (χ2n) is 4.92. The van der Waals surface area contributed by atoms with Gasteiger partial charge in [-0.1, -0.05) is 34.8 Å². The lowest BCUT2D eigenvalue weighted by Crippen LogP contribution is -2.08. The molecule has 4 nitrogen and oxygen atoms in total. The van der Waals surface area contributed by atoms with Gasteiger partial charge in [0, 0.05) is 17.3 Å². The number of aryl methyl sites for hydroxylation is 1. The van der Waals surface area contributed by atoms with Gasteiger partial charge in [0.25, 0.3) is 0 Å². The van der Waals surface area contributed by atoms with E-state index in [0.717, 1.165) is 11.1 Å². The van der Waals surface area contributed by atoms with Gasteiger partial charge in [-0.2, -0.15) is 0 Å². The highest BCUT2D eigenvalue weighted by molar-refractivity contribution is 6.39. The molecule has 0 heterocycles. The van der Waals surface area contributed by atoms with Crippen molar-refractivity contribution in [1.29, 1.82) is 0 Å². The number of rotatable bonds is 4. The minimum atomic E-state index is -0.314. The first-order chi connectivity index (χ1) is 10.9. The van der Waals surface area contributed by atoms with Crippen molar-refractivity contribution in [1.82, 2.24) is 0 Å². The lowest BCUT2D eigenvalue weighted by Gasteiger charge is -2.07. The summed E-state index contributed by atoms with van der Waals surface area (Å²) >= 11 is 11.9. The molecule has 1 amide bonds. The number of nitrogens with two attached hydrogens (primary N) is 1. The second kappa shape index (κ2) is 7.40. The van der Waals surface area contributed by atoms with E-state index in [4.69, 9.17) is 33.7 Å². The van der Waals surface area contributed by atoms with Crippen LogP contribution < -0.4 is 15.8 Å². The van der Waals surface area contributed by atoms with E-state index in [1.165, 1.54) is 6.08 Å². The quantitative estimate of drug-likeness (QED) is 0.628. The molecular weight excluding hydrogens is 335 g/mol. The normalized spacial score (nSPS) is 10.8. The van der Waals surface area contributed by atoms with Crippen molar-refractivity contribution >= 4 is 46.6 Å². The Balaban J connectivity index is 2.15. The third-order valence-corrected chi connectivity index (χ3v) is 3.77. The van der Waals surface area contributed by atoms with Gasteiger partial charge in [0.05, 0.1) is 22.8 Å². The molecule has 0 aliphatic heterocycles. The zero-order chi connectivity index (χ0) is 17.0. The summed E-state index contributed by atoms with van der Waals surface area (Å²) in [5.41, 5.74) is 8.30. The number of carbonyl (C=O) groups is 1. The van der Waals surface area contributed by atoms with Crippen LogP contribution in [0.4, 0.5) is 11.4 Å².